The summed E-state index contributed by atoms with van der Waals surface area (Å²) in [7, 11) is 0. The fraction of sp³-hybridized carbons (Fsp3) is 0.273. The maximum Gasteiger partial charge on any atom is 0.419 e. The number of fused-ring (bicyclic) bond motifs is 1. The SMILES string of the molecule is CCCc1ccc2c(=O)oc(=O)[nH]c2c1. The van der Waals surface area contributed by atoms with Crippen molar-refractivity contribution in [3.63, 3.8) is 0 Å². The molecule has 1 N–H and O–H groups in total. The number of aromatic nitrogens is 1. The fourth-order valence-corrected chi connectivity index (χ4v) is 1.59. The summed E-state index contributed by atoms with van der Waals surface area (Å²) >= 11 is 0. The number of nitrogens with one attached hydrogen (secondary N) is 1. The molecule has 4 heteroatoms. The van der Waals surface area contributed by atoms with Crippen molar-refractivity contribution in [2.45, 2.75) is 19.8 Å². The highest BCUT2D eigenvalue weighted by molar-refractivity contribution is 5.77. The molecule has 0 atom stereocenters. The van der Waals surface area contributed by atoms with Gasteiger partial charge in [-0.2, -0.15) is 0 Å². The van der Waals surface area contributed by atoms with Gasteiger partial charge in [-0.15, -0.1) is 0 Å². The number of H-pyrrole nitrogens is 1. The topological polar surface area (TPSA) is 63.1 Å². The van der Waals surface area contributed by atoms with Gasteiger partial charge in [0.15, 0.2) is 0 Å². The number of benzene rings is 1. The summed E-state index contributed by atoms with van der Waals surface area (Å²) in [4.78, 5) is 24.7. The molecule has 0 amide bonds. The highest BCUT2D eigenvalue weighted by atomic mass is 16.4. The standard InChI is InChI=1S/C11H11NO3/c1-2-3-7-4-5-8-9(6-7)12-11(14)15-10(8)13/h4-6H,2-3H2,1H3,(H,12,14). The number of hydrogen-bond donors (Lipinski definition) is 1. The zero-order chi connectivity index (χ0) is 10.8. The average Bonchev–Trinajstić information content (AvgIpc) is 2.17. The summed E-state index contributed by atoms with van der Waals surface area (Å²) in [5, 5.41) is 0.412. The number of hydrogen-bond acceptors (Lipinski definition) is 3. The molecule has 0 aliphatic heterocycles. The Bertz CT molecular complexity index is 595. The van der Waals surface area contributed by atoms with Crippen molar-refractivity contribution in [1.29, 1.82) is 0 Å². The van der Waals surface area contributed by atoms with Crippen LogP contribution in [0.1, 0.15) is 18.9 Å². The molecule has 0 saturated heterocycles. The van der Waals surface area contributed by atoms with E-state index in [9.17, 15) is 9.59 Å². The molecule has 0 aliphatic carbocycles. The Morgan fingerprint density at radius 1 is 1.33 bits per heavy atom. The number of aryl methyl sites for hydroxylation is 1. The van der Waals surface area contributed by atoms with Gasteiger partial charge < -0.3 is 4.42 Å². The zero-order valence-electron chi connectivity index (χ0n) is 8.37. The summed E-state index contributed by atoms with van der Waals surface area (Å²) in [6.07, 6.45) is 1.95. The molecule has 0 unspecified atom stereocenters. The summed E-state index contributed by atoms with van der Waals surface area (Å²) in [6, 6.07) is 5.38. The predicted octanol–water partition coefficient (Wildman–Crippen LogP) is 1.43. The normalized spacial score (nSPS) is 10.7. The molecule has 0 aliphatic rings. The summed E-state index contributed by atoms with van der Waals surface area (Å²) < 4.78 is 4.42. The van der Waals surface area contributed by atoms with E-state index in [0.29, 0.717) is 10.9 Å². The molecule has 2 rings (SSSR count). The van der Waals surface area contributed by atoms with E-state index < -0.39 is 11.4 Å². The smallest absolute Gasteiger partial charge is 0.372 e. The molecule has 15 heavy (non-hydrogen) atoms. The molecular weight excluding hydrogens is 194 g/mol. The molecule has 0 radical (unpaired) electrons. The van der Waals surface area contributed by atoms with Gasteiger partial charge in [-0.1, -0.05) is 19.4 Å². The van der Waals surface area contributed by atoms with E-state index in [-0.39, 0.29) is 0 Å². The largest absolute Gasteiger partial charge is 0.419 e. The van der Waals surface area contributed by atoms with Crippen LogP contribution in [0.25, 0.3) is 10.9 Å². The van der Waals surface area contributed by atoms with Crippen molar-refractivity contribution in [3.8, 4) is 0 Å². The van der Waals surface area contributed by atoms with Gasteiger partial charge in [0.25, 0.3) is 0 Å². The zero-order valence-corrected chi connectivity index (χ0v) is 8.37. The second-order valence-corrected chi connectivity index (χ2v) is 3.43. The summed E-state index contributed by atoms with van der Waals surface area (Å²) in [5.41, 5.74) is 1.06. The number of rotatable bonds is 2. The Balaban J connectivity index is 2.71. The molecule has 0 saturated carbocycles. The molecule has 0 spiro atoms. The highest BCUT2D eigenvalue weighted by Crippen LogP contribution is 2.10. The van der Waals surface area contributed by atoms with Gasteiger partial charge >= 0.3 is 11.4 Å². The van der Waals surface area contributed by atoms with Crippen LogP contribution in [0, 0.1) is 0 Å². The first-order chi connectivity index (χ1) is 7.20. The lowest BCUT2D eigenvalue weighted by molar-refractivity contribution is 0.460. The molecule has 78 valence electrons. The van der Waals surface area contributed by atoms with E-state index in [1.54, 1.807) is 6.07 Å². The van der Waals surface area contributed by atoms with Crippen molar-refractivity contribution >= 4 is 10.9 Å². The molecular formula is C11H11NO3. The molecule has 1 heterocycles. The van der Waals surface area contributed by atoms with E-state index >= 15 is 0 Å². The maximum absolute atomic E-state index is 11.3. The first kappa shape index (κ1) is 9.71. The lowest BCUT2D eigenvalue weighted by atomic mass is 10.1. The van der Waals surface area contributed by atoms with Crippen molar-refractivity contribution in [2.75, 3.05) is 0 Å². The minimum absolute atomic E-state index is 0.412. The Morgan fingerprint density at radius 2 is 2.13 bits per heavy atom. The van der Waals surface area contributed by atoms with E-state index in [4.69, 9.17) is 0 Å². The minimum Gasteiger partial charge on any atom is -0.372 e. The van der Waals surface area contributed by atoms with Gasteiger partial charge in [-0.25, -0.2) is 9.59 Å². The molecule has 4 nitrogen and oxygen atoms in total. The Kier molecular flexibility index (Phi) is 2.41. The third-order valence-electron chi connectivity index (χ3n) is 2.26. The summed E-state index contributed by atoms with van der Waals surface area (Å²) in [5.74, 6) is -0.707. The van der Waals surface area contributed by atoms with Crippen LogP contribution in [0.15, 0.2) is 32.2 Å². The third-order valence-corrected chi connectivity index (χ3v) is 2.26. The van der Waals surface area contributed by atoms with Crippen LogP contribution < -0.4 is 11.4 Å². The van der Waals surface area contributed by atoms with E-state index in [1.807, 2.05) is 12.1 Å². The summed E-state index contributed by atoms with van der Waals surface area (Å²) in [6.45, 7) is 2.08. The molecule has 1 aromatic heterocycles. The van der Waals surface area contributed by atoms with Gasteiger partial charge in [0.2, 0.25) is 0 Å². The highest BCUT2D eigenvalue weighted by Gasteiger charge is 2.02. The average molecular weight is 205 g/mol. The van der Waals surface area contributed by atoms with Crippen LogP contribution in [0.3, 0.4) is 0 Å². The van der Waals surface area contributed by atoms with Crippen LogP contribution in [0.5, 0.6) is 0 Å². The monoisotopic (exact) mass is 205 g/mol. The number of aromatic amines is 1. The van der Waals surface area contributed by atoms with Crippen molar-refractivity contribution < 1.29 is 4.42 Å². The van der Waals surface area contributed by atoms with Gasteiger partial charge in [0.1, 0.15) is 0 Å². The van der Waals surface area contributed by atoms with E-state index in [2.05, 4.69) is 16.3 Å². The first-order valence-electron chi connectivity index (χ1n) is 4.87. The molecule has 0 fully saturated rings. The van der Waals surface area contributed by atoms with Crippen LogP contribution in [0.2, 0.25) is 0 Å². The van der Waals surface area contributed by atoms with E-state index in [1.165, 1.54) is 0 Å². The van der Waals surface area contributed by atoms with Gasteiger partial charge in [-0.3, -0.25) is 4.98 Å². The van der Waals surface area contributed by atoms with Crippen molar-refractivity contribution in [2.24, 2.45) is 0 Å². The minimum atomic E-state index is -0.707. The predicted molar refractivity (Wildman–Crippen MR) is 57.1 cm³/mol. The Labute approximate surface area is 85.6 Å². The lowest BCUT2D eigenvalue weighted by Crippen LogP contribution is -2.14. The van der Waals surface area contributed by atoms with Gasteiger partial charge in [-0.05, 0) is 24.1 Å². The second-order valence-electron chi connectivity index (χ2n) is 3.43. The van der Waals surface area contributed by atoms with E-state index in [0.717, 1.165) is 18.4 Å². The fourth-order valence-electron chi connectivity index (χ4n) is 1.59. The lowest BCUT2D eigenvalue weighted by Gasteiger charge is -2.00. The van der Waals surface area contributed by atoms with Crippen LogP contribution in [-0.4, -0.2) is 4.98 Å². The van der Waals surface area contributed by atoms with Crippen LogP contribution >= 0.6 is 0 Å². The van der Waals surface area contributed by atoms with Crippen molar-refractivity contribution in [1.82, 2.24) is 4.98 Å². The Hall–Kier alpha value is -1.84. The van der Waals surface area contributed by atoms with Crippen LogP contribution in [0.4, 0.5) is 0 Å². The Morgan fingerprint density at radius 3 is 2.87 bits per heavy atom. The molecule has 2 aromatic rings. The quantitative estimate of drug-likeness (QED) is 0.806. The maximum atomic E-state index is 11.3. The first-order valence-corrected chi connectivity index (χ1v) is 4.87. The molecule has 1 aromatic carbocycles. The van der Waals surface area contributed by atoms with Crippen molar-refractivity contribution in [3.05, 3.63) is 44.7 Å². The van der Waals surface area contributed by atoms with Gasteiger partial charge in [0, 0.05) is 0 Å². The second kappa shape index (κ2) is 3.73. The van der Waals surface area contributed by atoms with Gasteiger partial charge in [0.05, 0.1) is 10.9 Å². The third kappa shape index (κ3) is 1.83. The molecule has 0 bridgehead atoms. The van der Waals surface area contributed by atoms with Crippen LogP contribution in [-0.2, 0) is 6.42 Å².